The molecule has 0 N–H and O–H groups in total. The van der Waals surface area contributed by atoms with Gasteiger partial charge in [-0.1, -0.05) is 0 Å². The summed E-state index contributed by atoms with van der Waals surface area (Å²) < 4.78 is 75.3. The molecule has 1 aromatic carbocycles. The second-order valence-electron chi connectivity index (χ2n) is 3.19. The number of nitriles is 1. The predicted molar refractivity (Wildman–Crippen MR) is 50.4 cm³/mol. The van der Waals surface area contributed by atoms with Gasteiger partial charge in [-0.05, 0) is 18.9 Å². The summed E-state index contributed by atoms with van der Waals surface area (Å²) in [6.45, 7) is 2.70. The van der Waals surface area contributed by atoms with Crippen LogP contribution >= 0.6 is 0 Å². The summed E-state index contributed by atoms with van der Waals surface area (Å²) in [5.41, 5.74) is -5.34. The lowest BCUT2D eigenvalue weighted by Gasteiger charge is -2.16. The fourth-order valence-corrected chi connectivity index (χ4v) is 1.30. The predicted octanol–water partition coefficient (Wildman–Crippen LogP) is 3.93. The summed E-state index contributed by atoms with van der Waals surface area (Å²) >= 11 is 0. The van der Waals surface area contributed by atoms with Gasteiger partial charge >= 0.3 is 12.4 Å². The Balaban J connectivity index is 3.73. The molecule has 0 aliphatic carbocycles. The molecule has 0 unspecified atom stereocenters. The van der Waals surface area contributed by atoms with Crippen LogP contribution in [-0.2, 0) is 12.4 Å². The largest absolute Gasteiger partial charge is 0.418 e. The minimum Gasteiger partial charge on any atom is -0.263 e. The number of aliphatic imine (C=N–C) groups is 1. The van der Waals surface area contributed by atoms with E-state index in [1.54, 1.807) is 0 Å². The number of rotatable bonds is 1. The quantitative estimate of drug-likeness (QED) is 0.560. The number of hydrogen-bond acceptors (Lipinski definition) is 2. The van der Waals surface area contributed by atoms with Crippen LogP contribution in [0.5, 0.6) is 0 Å². The summed E-state index contributed by atoms with van der Waals surface area (Å²) in [4.78, 5) is 2.78. The maximum absolute atomic E-state index is 12.6. The van der Waals surface area contributed by atoms with Crippen molar-refractivity contribution in [3.05, 3.63) is 28.8 Å². The Bertz CT molecular complexity index is 486. The lowest BCUT2D eigenvalue weighted by atomic mass is 10.0. The van der Waals surface area contributed by atoms with Crippen molar-refractivity contribution in [2.45, 2.75) is 12.4 Å². The third-order valence-electron chi connectivity index (χ3n) is 2.01. The van der Waals surface area contributed by atoms with E-state index in [4.69, 9.17) is 5.26 Å². The highest BCUT2D eigenvalue weighted by atomic mass is 19.4. The molecule has 0 fully saturated rings. The van der Waals surface area contributed by atoms with Gasteiger partial charge in [-0.15, -0.1) is 0 Å². The molecule has 0 bridgehead atoms. The van der Waals surface area contributed by atoms with Crippen LogP contribution in [-0.4, -0.2) is 6.72 Å². The summed E-state index contributed by atoms with van der Waals surface area (Å²) in [5.74, 6) is 0. The first-order valence-corrected chi connectivity index (χ1v) is 4.30. The molecule has 0 saturated carbocycles. The molecule has 2 nitrogen and oxygen atoms in total. The Hall–Kier alpha value is -2.04. The van der Waals surface area contributed by atoms with Gasteiger partial charge in [0.15, 0.2) is 0 Å². The minimum atomic E-state index is -5.05. The van der Waals surface area contributed by atoms with Gasteiger partial charge in [-0.2, -0.15) is 31.6 Å². The molecule has 18 heavy (non-hydrogen) atoms. The number of benzene rings is 1. The van der Waals surface area contributed by atoms with Gasteiger partial charge in [0, 0.05) is 0 Å². The standard InChI is InChI=1S/C10H4F6N2/c1-18-8-6(9(11,12)13)2-5(4-17)3-7(8)10(14,15)16/h2-3H,1H2. The van der Waals surface area contributed by atoms with Gasteiger partial charge in [0.1, 0.15) is 0 Å². The highest BCUT2D eigenvalue weighted by molar-refractivity contribution is 5.62. The van der Waals surface area contributed by atoms with E-state index in [9.17, 15) is 26.3 Å². The molecular weight excluding hydrogens is 262 g/mol. The first-order valence-electron chi connectivity index (χ1n) is 4.30. The third-order valence-corrected chi connectivity index (χ3v) is 2.01. The van der Waals surface area contributed by atoms with Crippen LogP contribution in [0, 0.1) is 11.3 Å². The van der Waals surface area contributed by atoms with Gasteiger partial charge in [0.2, 0.25) is 0 Å². The molecule has 0 radical (unpaired) electrons. The van der Waals surface area contributed by atoms with Gasteiger partial charge in [0.25, 0.3) is 0 Å². The molecular formula is C10H4F6N2. The van der Waals surface area contributed by atoms with Crippen LogP contribution in [0.4, 0.5) is 32.0 Å². The molecule has 1 aromatic rings. The SMILES string of the molecule is C=Nc1c(C(F)(F)F)cc(C#N)cc1C(F)(F)F. The van der Waals surface area contributed by atoms with E-state index in [1.807, 2.05) is 0 Å². The van der Waals surface area contributed by atoms with Crippen LogP contribution in [0.15, 0.2) is 17.1 Å². The van der Waals surface area contributed by atoms with Crippen LogP contribution in [0.3, 0.4) is 0 Å². The summed E-state index contributed by atoms with van der Waals surface area (Å²) in [6.07, 6.45) is -10.1. The van der Waals surface area contributed by atoms with Gasteiger partial charge in [0.05, 0.1) is 28.4 Å². The Morgan fingerprint density at radius 2 is 1.39 bits per heavy atom. The van der Waals surface area contributed by atoms with Crippen molar-refractivity contribution < 1.29 is 26.3 Å². The fourth-order valence-electron chi connectivity index (χ4n) is 1.30. The first kappa shape index (κ1) is 14.0. The van der Waals surface area contributed by atoms with Gasteiger partial charge < -0.3 is 0 Å². The highest BCUT2D eigenvalue weighted by Crippen LogP contribution is 2.44. The molecule has 0 aliphatic rings. The van der Waals surface area contributed by atoms with Crippen molar-refractivity contribution in [2.75, 3.05) is 0 Å². The normalized spacial score (nSPS) is 12.1. The van der Waals surface area contributed by atoms with Crippen molar-refractivity contribution in [2.24, 2.45) is 4.99 Å². The molecule has 0 saturated heterocycles. The van der Waals surface area contributed by atoms with E-state index in [-0.39, 0.29) is 0 Å². The van der Waals surface area contributed by atoms with Crippen molar-refractivity contribution in [1.29, 1.82) is 5.26 Å². The van der Waals surface area contributed by atoms with Crippen LogP contribution in [0.25, 0.3) is 0 Å². The molecule has 1 rings (SSSR count). The number of hydrogen-bond donors (Lipinski definition) is 0. The van der Waals surface area contributed by atoms with Crippen LogP contribution in [0.2, 0.25) is 0 Å². The molecule has 0 spiro atoms. The monoisotopic (exact) mass is 266 g/mol. The molecule has 0 aliphatic heterocycles. The maximum atomic E-state index is 12.6. The van der Waals surface area contributed by atoms with E-state index in [0.29, 0.717) is 12.1 Å². The first-order chi connectivity index (χ1) is 8.11. The Kier molecular flexibility index (Phi) is 3.37. The second kappa shape index (κ2) is 4.33. The van der Waals surface area contributed by atoms with Crippen molar-refractivity contribution in [3.63, 3.8) is 0 Å². The zero-order valence-electron chi connectivity index (χ0n) is 8.52. The smallest absolute Gasteiger partial charge is 0.263 e. The Labute approximate surface area is 97.2 Å². The molecule has 0 atom stereocenters. The van der Waals surface area contributed by atoms with E-state index in [0.717, 1.165) is 0 Å². The van der Waals surface area contributed by atoms with E-state index < -0.39 is 34.7 Å². The van der Waals surface area contributed by atoms with Crippen LogP contribution < -0.4 is 0 Å². The van der Waals surface area contributed by atoms with E-state index in [2.05, 4.69) is 11.7 Å². The summed E-state index contributed by atoms with van der Waals surface area (Å²) in [7, 11) is 0. The van der Waals surface area contributed by atoms with E-state index >= 15 is 0 Å². The highest BCUT2D eigenvalue weighted by Gasteiger charge is 2.41. The minimum absolute atomic E-state index is 0.305. The van der Waals surface area contributed by atoms with Crippen molar-refractivity contribution in [3.8, 4) is 6.07 Å². The average molecular weight is 266 g/mol. The van der Waals surface area contributed by atoms with Crippen molar-refractivity contribution >= 4 is 12.4 Å². The molecule has 96 valence electrons. The summed E-state index contributed by atoms with van der Waals surface area (Å²) in [6, 6.07) is 1.85. The molecule has 0 amide bonds. The lowest BCUT2D eigenvalue weighted by molar-refractivity contribution is -0.141. The van der Waals surface area contributed by atoms with Crippen LogP contribution in [0.1, 0.15) is 16.7 Å². The zero-order chi connectivity index (χ0) is 14.1. The lowest BCUT2D eigenvalue weighted by Crippen LogP contribution is -2.12. The molecule has 0 heterocycles. The fraction of sp³-hybridized carbons (Fsp3) is 0.200. The van der Waals surface area contributed by atoms with Gasteiger partial charge in [-0.25, -0.2) is 0 Å². The number of alkyl halides is 6. The summed E-state index contributed by atoms with van der Waals surface area (Å²) in [5, 5.41) is 8.45. The van der Waals surface area contributed by atoms with Crippen molar-refractivity contribution in [1.82, 2.24) is 0 Å². The zero-order valence-corrected chi connectivity index (χ0v) is 8.52. The number of halogens is 6. The molecule has 0 aromatic heterocycles. The van der Waals surface area contributed by atoms with Gasteiger partial charge in [-0.3, -0.25) is 4.99 Å². The van der Waals surface area contributed by atoms with E-state index in [1.165, 1.54) is 6.07 Å². The average Bonchev–Trinajstić information content (AvgIpc) is 2.24. The molecule has 8 heteroatoms. The maximum Gasteiger partial charge on any atom is 0.418 e. The Morgan fingerprint density at radius 1 is 1.00 bits per heavy atom. The number of nitrogens with zero attached hydrogens (tertiary/aromatic N) is 2. The Morgan fingerprint density at radius 3 is 1.61 bits per heavy atom. The third kappa shape index (κ3) is 2.61. The topological polar surface area (TPSA) is 36.1 Å². The second-order valence-corrected chi connectivity index (χ2v) is 3.19.